The third-order valence-corrected chi connectivity index (χ3v) is 4.17. The van der Waals surface area contributed by atoms with Crippen LogP contribution in [0.15, 0.2) is 36.4 Å². The first-order valence-electron chi connectivity index (χ1n) is 7.91. The molecule has 2 aromatic rings. The molecular weight excluding hydrogens is 290 g/mol. The van der Waals surface area contributed by atoms with Gasteiger partial charge in [0.15, 0.2) is 0 Å². The van der Waals surface area contributed by atoms with Crippen LogP contribution in [-0.2, 0) is 0 Å². The Morgan fingerprint density at radius 1 is 1.22 bits per heavy atom. The fourth-order valence-corrected chi connectivity index (χ4v) is 2.71. The van der Waals surface area contributed by atoms with Crippen LogP contribution in [0.25, 0.3) is 0 Å². The van der Waals surface area contributed by atoms with Gasteiger partial charge in [0.1, 0.15) is 18.2 Å². The van der Waals surface area contributed by atoms with Crippen molar-refractivity contribution in [2.75, 3.05) is 30.8 Å². The van der Waals surface area contributed by atoms with E-state index in [-0.39, 0.29) is 6.04 Å². The molecule has 1 heterocycles. The number of aromatic nitrogens is 2. The van der Waals surface area contributed by atoms with Crippen molar-refractivity contribution in [2.45, 2.75) is 24.8 Å². The topological polar surface area (TPSA) is 90.3 Å². The molecule has 0 atom stereocenters. The zero-order chi connectivity index (χ0) is 16.2. The summed E-state index contributed by atoms with van der Waals surface area (Å²) in [6, 6.07) is 12.1. The first kappa shape index (κ1) is 15.6. The molecule has 122 valence electrons. The fraction of sp³-hybridized carbons (Fsp3) is 0.412. The number of benzene rings is 1. The zero-order valence-corrected chi connectivity index (χ0v) is 13.4. The van der Waals surface area contributed by atoms with Gasteiger partial charge in [0.05, 0.1) is 12.2 Å². The van der Waals surface area contributed by atoms with E-state index in [2.05, 4.69) is 9.97 Å². The summed E-state index contributed by atoms with van der Waals surface area (Å²) in [4.78, 5) is 10.7. The minimum absolute atomic E-state index is 0.289. The summed E-state index contributed by atoms with van der Waals surface area (Å²) >= 11 is 0. The van der Waals surface area contributed by atoms with Crippen LogP contribution in [0.3, 0.4) is 0 Å². The number of nitrogens with zero attached hydrogens (tertiary/aromatic N) is 3. The highest BCUT2D eigenvalue weighted by atomic mass is 16.5. The Balaban J connectivity index is 1.59. The predicted octanol–water partition coefficient (Wildman–Crippen LogP) is 1.78. The van der Waals surface area contributed by atoms with Gasteiger partial charge in [-0.15, -0.1) is 0 Å². The second kappa shape index (κ2) is 6.83. The quantitative estimate of drug-likeness (QED) is 0.845. The second-order valence-electron chi connectivity index (χ2n) is 6.02. The maximum Gasteiger partial charge on any atom is 0.222 e. The largest absolute Gasteiger partial charge is 0.492 e. The van der Waals surface area contributed by atoms with Gasteiger partial charge in [-0.25, -0.2) is 4.98 Å². The summed E-state index contributed by atoms with van der Waals surface area (Å²) in [5.74, 6) is 2.41. The molecule has 23 heavy (non-hydrogen) atoms. The Kier molecular flexibility index (Phi) is 4.62. The van der Waals surface area contributed by atoms with Crippen molar-refractivity contribution >= 4 is 11.8 Å². The molecule has 1 fully saturated rings. The average molecular weight is 313 g/mol. The van der Waals surface area contributed by atoms with Crippen molar-refractivity contribution < 1.29 is 4.74 Å². The van der Waals surface area contributed by atoms with E-state index in [0.29, 0.717) is 18.5 Å². The van der Waals surface area contributed by atoms with Crippen molar-refractivity contribution in [1.29, 1.82) is 0 Å². The maximum atomic E-state index is 5.86. The van der Waals surface area contributed by atoms with E-state index >= 15 is 0 Å². The van der Waals surface area contributed by atoms with Gasteiger partial charge in [0, 0.05) is 25.1 Å². The lowest BCUT2D eigenvalue weighted by Gasteiger charge is -2.32. The van der Waals surface area contributed by atoms with Crippen LogP contribution in [0.2, 0.25) is 0 Å². The molecular formula is C17H23N5O. The van der Waals surface area contributed by atoms with Crippen molar-refractivity contribution in [2.24, 2.45) is 5.73 Å². The van der Waals surface area contributed by atoms with E-state index in [9.17, 15) is 0 Å². The average Bonchev–Trinajstić information content (AvgIpc) is 2.52. The third kappa shape index (κ3) is 3.90. The zero-order valence-electron chi connectivity index (χ0n) is 13.4. The number of anilines is 2. The Morgan fingerprint density at radius 3 is 2.65 bits per heavy atom. The van der Waals surface area contributed by atoms with Gasteiger partial charge in [0.25, 0.3) is 0 Å². The van der Waals surface area contributed by atoms with E-state index in [0.717, 1.165) is 36.6 Å². The van der Waals surface area contributed by atoms with E-state index < -0.39 is 0 Å². The molecule has 1 aromatic carbocycles. The predicted molar refractivity (Wildman–Crippen MR) is 91.6 cm³/mol. The highest BCUT2D eigenvalue weighted by molar-refractivity contribution is 5.44. The van der Waals surface area contributed by atoms with Crippen LogP contribution in [0, 0.1) is 0 Å². The van der Waals surface area contributed by atoms with Crippen molar-refractivity contribution in [3.05, 3.63) is 42.1 Å². The molecule has 0 amide bonds. The Morgan fingerprint density at radius 2 is 1.96 bits per heavy atom. The molecule has 4 N–H and O–H groups in total. The summed E-state index contributed by atoms with van der Waals surface area (Å²) in [5, 5.41) is 0. The summed E-state index contributed by atoms with van der Waals surface area (Å²) in [7, 11) is 1.98. The second-order valence-corrected chi connectivity index (χ2v) is 6.02. The van der Waals surface area contributed by atoms with Crippen LogP contribution in [0.4, 0.5) is 11.8 Å². The lowest BCUT2D eigenvalue weighted by atomic mass is 9.78. The lowest BCUT2D eigenvalue weighted by Crippen LogP contribution is -2.35. The first-order valence-corrected chi connectivity index (χ1v) is 7.91. The van der Waals surface area contributed by atoms with Gasteiger partial charge in [-0.1, -0.05) is 18.2 Å². The highest BCUT2D eigenvalue weighted by Crippen LogP contribution is 2.35. The van der Waals surface area contributed by atoms with Crippen molar-refractivity contribution in [3.63, 3.8) is 0 Å². The molecule has 3 rings (SSSR count). The number of likely N-dealkylation sites (N-methyl/N-ethyl adjacent to an activating group) is 1. The van der Waals surface area contributed by atoms with Crippen LogP contribution in [0.5, 0.6) is 5.75 Å². The van der Waals surface area contributed by atoms with Crippen molar-refractivity contribution in [3.8, 4) is 5.75 Å². The molecule has 1 aromatic heterocycles. The standard InChI is InChI=1S/C17H23N5O/c1-22(7-8-23-14-5-3-2-4-6-14)16-11-15(20-17(19)21-16)12-9-13(18)10-12/h2-6,11-13H,7-10,18H2,1H3,(H2,19,20,21). The molecule has 0 saturated heterocycles. The molecule has 6 heteroatoms. The molecule has 0 bridgehead atoms. The van der Waals surface area contributed by atoms with Gasteiger partial charge in [-0.05, 0) is 25.0 Å². The number of rotatable bonds is 6. The first-order chi connectivity index (χ1) is 11.1. The number of para-hydroxylation sites is 1. The summed E-state index contributed by atoms with van der Waals surface area (Å²) in [6.07, 6.45) is 1.94. The smallest absolute Gasteiger partial charge is 0.222 e. The van der Waals surface area contributed by atoms with Crippen LogP contribution in [0.1, 0.15) is 24.5 Å². The highest BCUT2D eigenvalue weighted by Gasteiger charge is 2.29. The lowest BCUT2D eigenvalue weighted by molar-refractivity contribution is 0.325. The van der Waals surface area contributed by atoms with E-state index in [1.807, 2.05) is 48.3 Å². The van der Waals surface area contributed by atoms with Crippen molar-refractivity contribution in [1.82, 2.24) is 9.97 Å². The number of ether oxygens (including phenoxy) is 1. The third-order valence-electron chi connectivity index (χ3n) is 4.17. The normalized spacial score (nSPS) is 19.9. The minimum atomic E-state index is 0.289. The summed E-state index contributed by atoms with van der Waals surface area (Å²) in [6.45, 7) is 1.29. The molecule has 0 unspecified atom stereocenters. The molecule has 1 aliphatic carbocycles. The number of hydrogen-bond donors (Lipinski definition) is 2. The molecule has 0 radical (unpaired) electrons. The van der Waals surface area contributed by atoms with Crippen LogP contribution < -0.4 is 21.1 Å². The monoisotopic (exact) mass is 313 g/mol. The van der Waals surface area contributed by atoms with E-state index in [1.165, 1.54) is 0 Å². The Labute approximate surface area is 136 Å². The number of nitrogens with two attached hydrogens (primary N) is 2. The van der Waals surface area contributed by atoms with E-state index in [4.69, 9.17) is 16.2 Å². The molecule has 0 aliphatic heterocycles. The summed E-state index contributed by atoms with van der Waals surface area (Å²) < 4.78 is 5.72. The van der Waals surface area contributed by atoms with Gasteiger partial charge in [-0.2, -0.15) is 4.98 Å². The minimum Gasteiger partial charge on any atom is -0.492 e. The van der Waals surface area contributed by atoms with E-state index in [1.54, 1.807) is 0 Å². The fourth-order valence-electron chi connectivity index (χ4n) is 2.71. The number of nitrogen functional groups attached to an aromatic ring is 1. The summed E-state index contributed by atoms with van der Waals surface area (Å²) in [5.41, 5.74) is 12.7. The van der Waals surface area contributed by atoms with Gasteiger partial charge < -0.3 is 21.1 Å². The maximum absolute atomic E-state index is 5.86. The van der Waals surface area contributed by atoms with Crippen LogP contribution in [-0.4, -0.2) is 36.2 Å². The van der Waals surface area contributed by atoms with Gasteiger partial charge in [-0.3, -0.25) is 0 Å². The molecule has 6 nitrogen and oxygen atoms in total. The SMILES string of the molecule is CN(CCOc1ccccc1)c1cc(C2CC(N)C2)nc(N)n1. The van der Waals surface area contributed by atoms with Crippen LogP contribution >= 0.6 is 0 Å². The molecule has 0 spiro atoms. The molecule has 1 aliphatic rings. The number of hydrogen-bond acceptors (Lipinski definition) is 6. The molecule has 1 saturated carbocycles. The Bertz CT molecular complexity index is 643. The van der Waals surface area contributed by atoms with Gasteiger partial charge >= 0.3 is 0 Å². The van der Waals surface area contributed by atoms with Gasteiger partial charge in [0.2, 0.25) is 5.95 Å². The Hall–Kier alpha value is -2.34.